The smallest absolute Gasteiger partial charge is 0.311 e. The van der Waals surface area contributed by atoms with Gasteiger partial charge in [-0.15, -0.1) is 0 Å². The quantitative estimate of drug-likeness (QED) is 0.556. The van der Waals surface area contributed by atoms with Gasteiger partial charge in [0, 0.05) is 25.2 Å². The summed E-state index contributed by atoms with van der Waals surface area (Å²) >= 11 is 0. The van der Waals surface area contributed by atoms with E-state index in [-0.39, 0.29) is 11.7 Å². The van der Waals surface area contributed by atoms with Crippen molar-refractivity contribution >= 4 is 11.6 Å². The molecule has 0 saturated heterocycles. The van der Waals surface area contributed by atoms with E-state index in [9.17, 15) is 19.3 Å². The van der Waals surface area contributed by atoms with Crippen LogP contribution < -0.4 is 14.2 Å². The fourth-order valence-electron chi connectivity index (χ4n) is 3.08. The normalized spacial score (nSPS) is 12.9. The Hall–Kier alpha value is -3.36. The van der Waals surface area contributed by atoms with Gasteiger partial charge < -0.3 is 19.1 Å². The minimum Gasteiger partial charge on any atom is -0.493 e. The molecule has 1 heterocycles. The number of nitro benzene ring substituents is 1. The summed E-state index contributed by atoms with van der Waals surface area (Å²) < 4.78 is 29.2. The van der Waals surface area contributed by atoms with Crippen LogP contribution in [0.5, 0.6) is 17.2 Å². The second-order valence-electron chi connectivity index (χ2n) is 6.20. The largest absolute Gasteiger partial charge is 0.493 e. The fourth-order valence-corrected chi connectivity index (χ4v) is 3.08. The Morgan fingerprint density at radius 2 is 1.82 bits per heavy atom. The van der Waals surface area contributed by atoms with Crippen LogP contribution in [0.3, 0.4) is 0 Å². The van der Waals surface area contributed by atoms with E-state index in [1.807, 2.05) is 12.1 Å². The monoisotopic (exact) mass is 390 g/mol. The third-order valence-electron chi connectivity index (χ3n) is 4.54. The van der Waals surface area contributed by atoms with Crippen LogP contribution in [-0.4, -0.2) is 43.1 Å². The number of benzene rings is 2. The number of carbonyl (C=O) groups is 1. The van der Waals surface area contributed by atoms with Crippen molar-refractivity contribution < 1.29 is 28.3 Å². The van der Waals surface area contributed by atoms with Crippen molar-refractivity contribution in [2.24, 2.45) is 0 Å². The first-order valence-electron chi connectivity index (χ1n) is 8.51. The number of rotatable bonds is 6. The van der Waals surface area contributed by atoms with Crippen molar-refractivity contribution in [2.45, 2.75) is 13.0 Å². The zero-order chi connectivity index (χ0) is 20.3. The van der Waals surface area contributed by atoms with Gasteiger partial charge in [0.1, 0.15) is 5.82 Å². The van der Waals surface area contributed by atoms with Gasteiger partial charge in [0.2, 0.25) is 5.75 Å². The predicted octanol–water partition coefficient (Wildman–Crippen LogP) is 2.71. The highest BCUT2D eigenvalue weighted by Crippen LogP contribution is 2.33. The highest BCUT2D eigenvalue weighted by molar-refractivity contribution is 5.78. The molecule has 0 aromatic heterocycles. The van der Waals surface area contributed by atoms with Crippen LogP contribution >= 0.6 is 0 Å². The summed E-state index contributed by atoms with van der Waals surface area (Å²) in [6.45, 7) is 0.395. The molecule has 0 spiro atoms. The van der Waals surface area contributed by atoms with Crippen LogP contribution in [0.2, 0.25) is 0 Å². The van der Waals surface area contributed by atoms with Crippen molar-refractivity contribution in [3.63, 3.8) is 0 Å². The highest BCUT2D eigenvalue weighted by Gasteiger charge is 2.24. The molecule has 0 saturated carbocycles. The summed E-state index contributed by atoms with van der Waals surface area (Å²) in [5, 5.41) is 11.0. The zero-order valence-electron chi connectivity index (χ0n) is 15.4. The summed E-state index contributed by atoms with van der Waals surface area (Å²) in [5.41, 5.74) is 1.59. The maximum Gasteiger partial charge on any atom is 0.311 e. The Labute approximate surface area is 160 Å². The van der Waals surface area contributed by atoms with Crippen molar-refractivity contribution in [1.82, 2.24) is 4.90 Å². The van der Waals surface area contributed by atoms with Crippen LogP contribution in [0.25, 0.3) is 0 Å². The number of halogens is 1. The van der Waals surface area contributed by atoms with E-state index >= 15 is 0 Å². The molecule has 0 unspecified atom stereocenters. The zero-order valence-corrected chi connectivity index (χ0v) is 15.4. The Morgan fingerprint density at radius 3 is 2.46 bits per heavy atom. The van der Waals surface area contributed by atoms with E-state index < -0.39 is 23.0 Å². The molecule has 1 amide bonds. The fraction of sp³-hybridized carbons (Fsp3) is 0.316. The van der Waals surface area contributed by atoms with E-state index in [2.05, 4.69) is 0 Å². The van der Waals surface area contributed by atoms with E-state index in [1.165, 1.54) is 7.11 Å². The lowest BCUT2D eigenvalue weighted by Crippen LogP contribution is -2.38. The topological polar surface area (TPSA) is 91.1 Å². The van der Waals surface area contributed by atoms with Crippen molar-refractivity contribution in [2.75, 3.05) is 27.4 Å². The lowest BCUT2D eigenvalue weighted by atomic mass is 9.99. The van der Waals surface area contributed by atoms with Crippen LogP contribution in [0.1, 0.15) is 11.1 Å². The van der Waals surface area contributed by atoms with E-state index in [4.69, 9.17) is 14.2 Å². The van der Waals surface area contributed by atoms with Gasteiger partial charge in [-0.3, -0.25) is 14.9 Å². The summed E-state index contributed by atoms with van der Waals surface area (Å²) in [4.78, 5) is 24.4. The molecule has 0 bridgehead atoms. The number of ether oxygens (including phenoxy) is 3. The molecule has 0 N–H and O–H groups in total. The number of methoxy groups -OCH3 is 2. The van der Waals surface area contributed by atoms with Gasteiger partial charge in [-0.2, -0.15) is 0 Å². The molecule has 148 valence electrons. The van der Waals surface area contributed by atoms with Gasteiger partial charge in [0.15, 0.2) is 18.1 Å². The van der Waals surface area contributed by atoms with Gasteiger partial charge in [-0.25, -0.2) is 4.39 Å². The number of nitrogens with zero attached hydrogens (tertiary/aromatic N) is 2. The minimum absolute atomic E-state index is 0.276. The molecular weight excluding hydrogens is 371 g/mol. The standard InChI is InChI=1S/C19H19FN2O6/c1-26-17-7-12-5-6-21(10-13(12)8-18(17)27-2)19(23)11-28-16-9-14(20)3-4-15(16)22(24)25/h3-4,7-9H,5-6,10-11H2,1-2H3. The van der Waals surface area contributed by atoms with Crippen molar-refractivity contribution in [1.29, 1.82) is 0 Å². The first-order valence-corrected chi connectivity index (χ1v) is 8.51. The van der Waals surface area contributed by atoms with Gasteiger partial charge >= 0.3 is 5.69 Å². The number of amides is 1. The number of hydrogen-bond acceptors (Lipinski definition) is 6. The summed E-state index contributed by atoms with van der Waals surface area (Å²) in [6.07, 6.45) is 0.627. The lowest BCUT2D eigenvalue weighted by molar-refractivity contribution is -0.385. The van der Waals surface area contributed by atoms with Crippen LogP contribution in [0.4, 0.5) is 10.1 Å². The first-order chi connectivity index (χ1) is 13.4. The molecule has 3 rings (SSSR count). The highest BCUT2D eigenvalue weighted by atomic mass is 19.1. The maximum absolute atomic E-state index is 13.4. The molecule has 1 aliphatic heterocycles. The summed E-state index contributed by atoms with van der Waals surface area (Å²) in [5.74, 6) is -0.105. The molecule has 28 heavy (non-hydrogen) atoms. The number of nitro groups is 1. The second-order valence-corrected chi connectivity index (χ2v) is 6.20. The number of hydrogen-bond donors (Lipinski definition) is 0. The average Bonchev–Trinajstić information content (AvgIpc) is 2.70. The third kappa shape index (κ3) is 3.98. The molecule has 9 heteroatoms. The van der Waals surface area contributed by atoms with Crippen LogP contribution in [0.15, 0.2) is 30.3 Å². The predicted molar refractivity (Wildman–Crippen MR) is 97.2 cm³/mol. The number of fused-ring (bicyclic) bond motifs is 1. The minimum atomic E-state index is -0.684. The van der Waals surface area contributed by atoms with Crippen LogP contribution in [-0.2, 0) is 17.8 Å². The average molecular weight is 390 g/mol. The van der Waals surface area contributed by atoms with Gasteiger partial charge in [0.05, 0.1) is 19.1 Å². The van der Waals surface area contributed by atoms with E-state index in [0.29, 0.717) is 31.0 Å². The molecule has 2 aromatic rings. The molecule has 2 aromatic carbocycles. The third-order valence-corrected chi connectivity index (χ3v) is 4.54. The second kappa shape index (κ2) is 8.12. The van der Waals surface area contributed by atoms with Gasteiger partial charge in [-0.1, -0.05) is 0 Å². The Morgan fingerprint density at radius 1 is 1.14 bits per heavy atom. The number of carbonyl (C=O) groups excluding carboxylic acids is 1. The lowest BCUT2D eigenvalue weighted by Gasteiger charge is -2.29. The Balaban J connectivity index is 1.70. The molecule has 0 radical (unpaired) electrons. The van der Waals surface area contributed by atoms with Crippen LogP contribution in [0, 0.1) is 15.9 Å². The van der Waals surface area contributed by atoms with Crippen molar-refractivity contribution in [3.8, 4) is 17.2 Å². The van der Waals surface area contributed by atoms with E-state index in [0.717, 1.165) is 29.3 Å². The first kappa shape index (κ1) is 19.4. The maximum atomic E-state index is 13.4. The molecule has 0 fully saturated rings. The molecule has 1 aliphatic rings. The molecule has 0 atom stereocenters. The Kier molecular flexibility index (Phi) is 5.62. The molecule has 8 nitrogen and oxygen atoms in total. The molecular formula is C19H19FN2O6. The van der Waals surface area contributed by atoms with Crippen molar-refractivity contribution in [3.05, 3.63) is 57.4 Å². The Bertz CT molecular complexity index is 918. The van der Waals surface area contributed by atoms with E-state index in [1.54, 1.807) is 12.0 Å². The molecule has 0 aliphatic carbocycles. The summed E-state index contributed by atoms with van der Waals surface area (Å²) in [7, 11) is 3.10. The summed E-state index contributed by atoms with van der Waals surface area (Å²) in [6, 6.07) is 6.59. The van der Waals surface area contributed by atoms with Gasteiger partial charge in [0.25, 0.3) is 5.91 Å². The SMILES string of the molecule is COc1cc2c(cc1OC)CN(C(=O)COc1cc(F)ccc1[N+](=O)[O-])CC2. The van der Waals surface area contributed by atoms with Gasteiger partial charge in [-0.05, 0) is 35.7 Å².